The third-order valence-corrected chi connectivity index (χ3v) is 6.66. The Kier molecular flexibility index (Phi) is 5.66. The normalized spacial score (nSPS) is 18.4. The van der Waals surface area contributed by atoms with Crippen molar-refractivity contribution in [3.8, 4) is 5.75 Å². The highest BCUT2D eigenvalue weighted by Crippen LogP contribution is 2.32. The van der Waals surface area contributed by atoms with Crippen LogP contribution in [-0.2, 0) is 24.2 Å². The predicted octanol–water partition coefficient (Wildman–Crippen LogP) is 2.81. The van der Waals surface area contributed by atoms with Crippen LogP contribution in [0.1, 0.15) is 42.5 Å². The van der Waals surface area contributed by atoms with E-state index in [1.165, 1.54) is 25.7 Å². The van der Waals surface area contributed by atoms with E-state index < -0.39 is 0 Å². The summed E-state index contributed by atoms with van der Waals surface area (Å²) in [6.07, 6.45) is 6.02. The summed E-state index contributed by atoms with van der Waals surface area (Å²) in [7, 11) is 1.65. The Balaban J connectivity index is 1.39. The fourth-order valence-electron chi connectivity index (χ4n) is 4.91. The number of anilines is 2. The van der Waals surface area contributed by atoms with Gasteiger partial charge in [-0.25, -0.2) is 4.98 Å². The molecule has 1 amide bonds. The number of nitrogens with zero attached hydrogens (tertiary/aromatic N) is 5. The number of methoxy groups -OCH3 is 1. The van der Waals surface area contributed by atoms with E-state index >= 15 is 0 Å². The Hall–Kier alpha value is -2.83. The lowest BCUT2D eigenvalue weighted by atomic mass is 10.0. The fraction of sp³-hybridized carbons (Fsp3) is 0.542. The van der Waals surface area contributed by atoms with E-state index in [1.54, 1.807) is 7.11 Å². The van der Waals surface area contributed by atoms with Crippen LogP contribution in [0.15, 0.2) is 24.3 Å². The summed E-state index contributed by atoms with van der Waals surface area (Å²) in [4.78, 5) is 29.8. The number of aromatic nitrogens is 2. The molecule has 1 aromatic heterocycles. The molecule has 0 radical (unpaired) electrons. The first-order valence-corrected chi connectivity index (χ1v) is 11.5. The second-order valence-electron chi connectivity index (χ2n) is 8.75. The van der Waals surface area contributed by atoms with Crippen LogP contribution >= 0.6 is 0 Å². The second-order valence-corrected chi connectivity index (χ2v) is 8.75. The average molecular weight is 422 g/mol. The molecule has 3 aliphatic rings. The van der Waals surface area contributed by atoms with Crippen molar-refractivity contribution in [3.05, 3.63) is 41.1 Å². The SMILES string of the molecule is COc1cccc(CC(=O)N2CCc3nc(N4CCCC4)nc(N4CCCC4)c3C2)c1. The van der Waals surface area contributed by atoms with E-state index in [2.05, 4.69) is 9.80 Å². The van der Waals surface area contributed by atoms with Crippen LogP contribution in [0.25, 0.3) is 0 Å². The molecule has 2 fully saturated rings. The maximum absolute atomic E-state index is 13.1. The number of carbonyl (C=O) groups is 1. The highest BCUT2D eigenvalue weighted by atomic mass is 16.5. The lowest BCUT2D eigenvalue weighted by Gasteiger charge is -2.32. The molecule has 0 bridgehead atoms. The van der Waals surface area contributed by atoms with Crippen LogP contribution in [0.5, 0.6) is 5.75 Å². The van der Waals surface area contributed by atoms with Gasteiger partial charge < -0.3 is 19.4 Å². The van der Waals surface area contributed by atoms with Crippen molar-refractivity contribution in [2.24, 2.45) is 0 Å². The van der Waals surface area contributed by atoms with E-state index in [-0.39, 0.29) is 5.91 Å². The molecule has 7 heteroatoms. The average Bonchev–Trinajstić information content (AvgIpc) is 3.52. The van der Waals surface area contributed by atoms with Crippen molar-refractivity contribution in [2.45, 2.75) is 45.1 Å². The van der Waals surface area contributed by atoms with Gasteiger partial charge in [0.25, 0.3) is 0 Å². The Morgan fingerprint density at radius 2 is 1.74 bits per heavy atom. The minimum Gasteiger partial charge on any atom is -0.497 e. The molecule has 0 aliphatic carbocycles. The summed E-state index contributed by atoms with van der Waals surface area (Å²) in [6, 6.07) is 7.77. The Labute approximate surface area is 184 Å². The van der Waals surface area contributed by atoms with Crippen molar-refractivity contribution in [1.29, 1.82) is 0 Å². The molecule has 164 valence electrons. The molecule has 4 heterocycles. The van der Waals surface area contributed by atoms with Gasteiger partial charge in [0.1, 0.15) is 11.6 Å². The zero-order valence-corrected chi connectivity index (χ0v) is 18.3. The molecule has 31 heavy (non-hydrogen) atoms. The number of hydrogen-bond donors (Lipinski definition) is 0. The van der Waals surface area contributed by atoms with Crippen LogP contribution in [0.2, 0.25) is 0 Å². The summed E-state index contributed by atoms with van der Waals surface area (Å²) in [5.74, 6) is 2.88. The topological polar surface area (TPSA) is 61.8 Å². The highest BCUT2D eigenvalue weighted by Gasteiger charge is 2.30. The van der Waals surface area contributed by atoms with Crippen molar-refractivity contribution in [1.82, 2.24) is 14.9 Å². The molecule has 0 atom stereocenters. The smallest absolute Gasteiger partial charge is 0.227 e. The van der Waals surface area contributed by atoms with Gasteiger partial charge in [-0.15, -0.1) is 0 Å². The van der Waals surface area contributed by atoms with E-state index in [9.17, 15) is 4.79 Å². The molecule has 7 nitrogen and oxygen atoms in total. The van der Waals surface area contributed by atoms with Gasteiger partial charge >= 0.3 is 0 Å². The number of ether oxygens (including phenoxy) is 1. The van der Waals surface area contributed by atoms with Gasteiger partial charge in [0.15, 0.2) is 0 Å². The Morgan fingerprint density at radius 1 is 1.00 bits per heavy atom. The van der Waals surface area contributed by atoms with Crippen molar-refractivity contribution < 1.29 is 9.53 Å². The number of carbonyl (C=O) groups excluding carboxylic acids is 1. The van der Waals surface area contributed by atoms with Crippen molar-refractivity contribution >= 4 is 17.7 Å². The van der Waals surface area contributed by atoms with Gasteiger partial charge in [-0.2, -0.15) is 4.98 Å². The third kappa shape index (κ3) is 4.18. The van der Waals surface area contributed by atoms with Gasteiger partial charge in [-0.1, -0.05) is 12.1 Å². The minimum absolute atomic E-state index is 0.148. The lowest BCUT2D eigenvalue weighted by molar-refractivity contribution is -0.131. The van der Waals surface area contributed by atoms with Crippen LogP contribution in [0, 0.1) is 0 Å². The minimum atomic E-state index is 0.148. The van der Waals surface area contributed by atoms with Gasteiger partial charge in [-0.05, 0) is 43.4 Å². The van der Waals surface area contributed by atoms with Crippen molar-refractivity contribution in [2.75, 3.05) is 49.6 Å². The summed E-state index contributed by atoms with van der Waals surface area (Å²) < 4.78 is 5.30. The maximum atomic E-state index is 13.1. The summed E-state index contributed by atoms with van der Waals surface area (Å²) in [6.45, 7) is 5.49. The van der Waals surface area contributed by atoms with E-state index in [4.69, 9.17) is 14.7 Å². The third-order valence-electron chi connectivity index (χ3n) is 6.66. The lowest BCUT2D eigenvalue weighted by Crippen LogP contribution is -2.39. The van der Waals surface area contributed by atoms with Gasteiger partial charge in [0.05, 0.1) is 25.8 Å². The molecule has 5 rings (SSSR count). The van der Waals surface area contributed by atoms with Crippen molar-refractivity contribution in [3.63, 3.8) is 0 Å². The standard InChI is InChI=1S/C24H31N5O2/c1-31-19-8-6-7-18(15-19)16-22(30)29-14-9-21-20(17-29)23(27-10-2-3-11-27)26-24(25-21)28-12-4-5-13-28/h6-8,15H,2-5,9-14,16-17H2,1H3. The molecule has 0 unspecified atom stereocenters. The quantitative estimate of drug-likeness (QED) is 0.740. The summed E-state index contributed by atoms with van der Waals surface area (Å²) in [5, 5.41) is 0. The molecule has 3 aliphatic heterocycles. The fourth-order valence-corrected chi connectivity index (χ4v) is 4.91. The van der Waals surface area contributed by atoms with E-state index in [0.717, 1.165) is 66.9 Å². The first-order chi connectivity index (χ1) is 15.2. The number of hydrogen-bond acceptors (Lipinski definition) is 6. The number of amides is 1. The zero-order chi connectivity index (χ0) is 21.2. The van der Waals surface area contributed by atoms with Crippen LogP contribution in [-0.4, -0.2) is 60.6 Å². The van der Waals surface area contributed by atoms with Crippen LogP contribution in [0.3, 0.4) is 0 Å². The first kappa shape index (κ1) is 20.1. The van der Waals surface area contributed by atoms with Crippen LogP contribution in [0.4, 0.5) is 11.8 Å². The highest BCUT2D eigenvalue weighted by molar-refractivity contribution is 5.79. The molecule has 1 aromatic carbocycles. The zero-order valence-electron chi connectivity index (χ0n) is 18.3. The summed E-state index contributed by atoms with van der Waals surface area (Å²) in [5.41, 5.74) is 3.26. The monoisotopic (exact) mass is 421 g/mol. The number of fused-ring (bicyclic) bond motifs is 1. The number of benzene rings is 1. The second kappa shape index (κ2) is 8.73. The van der Waals surface area contributed by atoms with Gasteiger partial charge in [-0.3, -0.25) is 4.79 Å². The van der Waals surface area contributed by atoms with E-state index in [0.29, 0.717) is 19.5 Å². The molecular formula is C24H31N5O2. The molecular weight excluding hydrogens is 390 g/mol. The molecule has 0 saturated carbocycles. The molecule has 2 aromatic rings. The number of rotatable bonds is 5. The molecule has 0 spiro atoms. The molecule has 0 N–H and O–H groups in total. The van der Waals surface area contributed by atoms with Crippen LogP contribution < -0.4 is 14.5 Å². The predicted molar refractivity (Wildman–Crippen MR) is 121 cm³/mol. The molecule has 2 saturated heterocycles. The maximum Gasteiger partial charge on any atom is 0.227 e. The Bertz CT molecular complexity index is 951. The first-order valence-electron chi connectivity index (χ1n) is 11.5. The van der Waals surface area contributed by atoms with Gasteiger partial charge in [0.2, 0.25) is 11.9 Å². The summed E-state index contributed by atoms with van der Waals surface area (Å²) >= 11 is 0. The Morgan fingerprint density at radius 3 is 2.48 bits per heavy atom. The van der Waals surface area contributed by atoms with Gasteiger partial charge in [0, 0.05) is 44.7 Å². The van der Waals surface area contributed by atoms with E-state index in [1.807, 2.05) is 29.2 Å². The largest absolute Gasteiger partial charge is 0.497 e.